The average molecular weight is 469 g/mol. The highest BCUT2D eigenvalue weighted by atomic mass is 35.5. The van der Waals surface area contributed by atoms with Crippen LogP contribution < -0.4 is 0 Å². The summed E-state index contributed by atoms with van der Waals surface area (Å²) in [6, 6.07) is 11.3. The van der Waals surface area contributed by atoms with Crippen molar-refractivity contribution in [3.63, 3.8) is 0 Å². The van der Waals surface area contributed by atoms with Gasteiger partial charge in [-0.05, 0) is 49.6 Å². The number of carbonyl (C=O) groups is 1. The first-order valence-corrected chi connectivity index (χ1v) is 11.4. The Morgan fingerprint density at radius 2 is 2.09 bits per heavy atom. The molecule has 4 aromatic rings. The van der Waals surface area contributed by atoms with Crippen LogP contribution in [0.4, 0.5) is 0 Å². The highest BCUT2D eigenvalue weighted by Gasteiger charge is 2.30. The predicted molar refractivity (Wildman–Crippen MR) is 124 cm³/mol. The van der Waals surface area contributed by atoms with Crippen LogP contribution in [0, 0.1) is 6.92 Å². The predicted octanol–water partition coefficient (Wildman–Crippen LogP) is 5.55. The zero-order chi connectivity index (χ0) is 22.2. The van der Waals surface area contributed by atoms with E-state index in [2.05, 4.69) is 9.97 Å². The second-order valence-electron chi connectivity index (χ2n) is 8.18. The van der Waals surface area contributed by atoms with Gasteiger partial charge in [-0.15, -0.1) is 0 Å². The van der Waals surface area contributed by atoms with Crippen LogP contribution in [0.2, 0.25) is 10.0 Å². The van der Waals surface area contributed by atoms with Gasteiger partial charge in [-0.1, -0.05) is 35.3 Å². The van der Waals surface area contributed by atoms with Crippen molar-refractivity contribution < 1.29 is 9.21 Å². The number of fused-ring (bicyclic) bond motifs is 1. The van der Waals surface area contributed by atoms with Crippen molar-refractivity contribution >= 4 is 34.8 Å². The lowest BCUT2D eigenvalue weighted by Gasteiger charge is -2.31. The van der Waals surface area contributed by atoms with Crippen LogP contribution >= 0.6 is 23.2 Å². The molecule has 1 fully saturated rings. The molecule has 0 spiro atoms. The van der Waals surface area contributed by atoms with Crippen molar-refractivity contribution in [2.24, 2.45) is 0 Å². The standard InChI is InChI=1S/C24H22Cl2N4O2/c1-15-22(30-14-19(26)7-8-21(30)28-15)24(31)29-9-3-5-17(13-29)23-27-12-20(32-23)11-16-4-2-6-18(25)10-16/h2,4,6-8,10,12,14,17H,3,5,9,11,13H2,1H3/t17-/m1/s1. The number of aryl methyl sites for hydroxylation is 1. The number of amides is 1. The van der Waals surface area contributed by atoms with Crippen LogP contribution in [0.5, 0.6) is 0 Å². The van der Waals surface area contributed by atoms with Crippen LogP contribution in [-0.4, -0.2) is 38.3 Å². The van der Waals surface area contributed by atoms with Gasteiger partial charge < -0.3 is 9.32 Å². The van der Waals surface area contributed by atoms with Crippen molar-refractivity contribution in [2.45, 2.75) is 32.1 Å². The fraction of sp³-hybridized carbons (Fsp3) is 0.292. The lowest BCUT2D eigenvalue weighted by atomic mass is 9.97. The second kappa shape index (κ2) is 8.60. The van der Waals surface area contributed by atoms with E-state index in [-0.39, 0.29) is 11.8 Å². The highest BCUT2D eigenvalue weighted by molar-refractivity contribution is 6.30. The van der Waals surface area contributed by atoms with E-state index in [1.165, 1.54) is 0 Å². The number of hydrogen-bond acceptors (Lipinski definition) is 4. The maximum absolute atomic E-state index is 13.4. The molecule has 1 aliphatic rings. The lowest BCUT2D eigenvalue weighted by Crippen LogP contribution is -2.40. The third kappa shape index (κ3) is 4.12. The number of hydrogen-bond donors (Lipinski definition) is 0. The maximum atomic E-state index is 13.4. The molecule has 1 saturated heterocycles. The third-order valence-electron chi connectivity index (χ3n) is 5.86. The zero-order valence-electron chi connectivity index (χ0n) is 17.6. The number of pyridine rings is 1. The summed E-state index contributed by atoms with van der Waals surface area (Å²) in [5.74, 6) is 1.48. The molecule has 0 saturated carbocycles. The fourth-order valence-corrected chi connectivity index (χ4v) is 4.72. The lowest BCUT2D eigenvalue weighted by molar-refractivity contribution is 0.0690. The normalized spacial score (nSPS) is 16.6. The van der Waals surface area contributed by atoms with E-state index in [9.17, 15) is 4.79 Å². The van der Waals surface area contributed by atoms with Crippen LogP contribution in [0.1, 0.15) is 52.2 Å². The topological polar surface area (TPSA) is 63.6 Å². The molecule has 1 atom stereocenters. The number of piperidine rings is 1. The molecule has 8 heteroatoms. The summed E-state index contributed by atoms with van der Waals surface area (Å²) in [6.45, 7) is 3.10. The quantitative estimate of drug-likeness (QED) is 0.393. The molecule has 3 aromatic heterocycles. The van der Waals surface area contributed by atoms with E-state index >= 15 is 0 Å². The number of carbonyl (C=O) groups excluding carboxylic acids is 1. The molecule has 6 nitrogen and oxygen atoms in total. The van der Waals surface area contributed by atoms with E-state index in [0.29, 0.717) is 52.5 Å². The first-order valence-electron chi connectivity index (χ1n) is 10.6. The van der Waals surface area contributed by atoms with Crippen LogP contribution in [0.15, 0.2) is 53.2 Å². The Morgan fingerprint density at radius 1 is 1.22 bits per heavy atom. The van der Waals surface area contributed by atoms with Gasteiger partial charge in [0.25, 0.3) is 5.91 Å². The van der Waals surface area contributed by atoms with Gasteiger partial charge in [0.2, 0.25) is 0 Å². The van der Waals surface area contributed by atoms with Crippen molar-refractivity contribution in [1.29, 1.82) is 0 Å². The molecular formula is C24H22Cl2N4O2. The summed E-state index contributed by atoms with van der Waals surface area (Å²) < 4.78 is 7.84. The van der Waals surface area contributed by atoms with Crippen molar-refractivity contribution in [3.05, 3.63) is 87.4 Å². The first-order chi connectivity index (χ1) is 15.5. The van der Waals surface area contributed by atoms with E-state index in [0.717, 1.165) is 24.2 Å². The summed E-state index contributed by atoms with van der Waals surface area (Å²) in [5, 5.41) is 1.26. The van der Waals surface area contributed by atoms with Crippen LogP contribution in [0.3, 0.4) is 0 Å². The Morgan fingerprint density at radius 3 is 2.94 bits per heavy atom. The number of imidazole rings is 1. The molecule has 0 aliphatic carbocycles. The molecule has 0 N–H and O–H groups in total. The Kier molecular flexibility index (Phi) is 5.66. The number of nitrogens with zero attached hydrogens (tertiary/aromatic N) is 4. The third-order valence-corrected chi connectivity index (χ3v) is 6.31. The molecule has 5 rings (SSSR count). The van der Waals surface area contributed by atoms with Gasteiger partial charge in [-0.3, -0.25) is 9.20 Å². The van der Waals surface area contributed by atoms with Crippen LogP contribution in [-0.2, 0) is 6.42 Å². The molecule has 0 radical (unpaired) electrons. The summed E-state index contributed by atoms with van der Waals surface area (Å²) >= 11 is 12.2. The molecular weight excluding hydrogens is 447 g/mol. The number of benzene rings is 1. The van der Waals surface area contributed by atoms with Gasteiger partial charge in [0.05, 0.1) is 22.8 Å². The van der Waals surface area contributed by atoms with Gasteiger partial charge >= 0.3 is 0 Å². The molecule has 0 bridgehead atoms. The number of oxazole rings is 1. The van der Waals surface area contributed by atoms with Gasteiger partial charge in [0, 0.05) is 30.7 Å². The Balaban J connectivity index is 1.34. The van der Waals surface area contributed by atoms with Crippen molar-refractivity contribution in [2.75, 3.05) is 13.1 Å². The van der Waals surface area contributed by atoms with Gasteiger partial charge in [0.1, 0.15) is 17.1 Å². The van der Waals surface area contributed by atoms with Crippen LogP contribution in [0.25, 0.3) is 5.65 Å². The Hall–Kier alpha value is -2.83. The number of rotatable bonds is 4. The SMILES string of the molecule is Cc1nc2ccc(Cl)cn2c1C(=O)N1CCC[C@@H](c2ncc(Cc3cccc(Cl)c3)o2)C1. The molecule has 164 valence electrons. The Labute approximate surface area is 195 Å². The molecule has 32 heavy (non-hydrogen) atoms. The minimum Gasteiger partial charge on any atom is -0.445 e. The largest absolute Gasteiger partial charge is 0.445 e. The molecule has 4 heterocycles. The molecule has 1 amide bonds. The second-order valence-corrected chi connectivity index (χ2v) is 9.06. The fourth-order valence-electron chi connectivity index (χ4n) is 4.35. The summed E-state index contributed by atoms with van der Waals surface area (Å²) in [7, 11) is 0. The molecule has 0 unspecified atom stereocenters. The van der Waals surface area contributed by atoms with Gasteiger partial charge in [-0.2, -0.15) is 0 Å². The Bertz CT molecular complexity index is 1300. The molecule has 1 aromatic carbocycles. The number of aromatic nitrogens is 3. The van der Waals surface area contributed by atoms with Crippen molar-refractivity contribution in [1.82, 2.24) is 19.3 Å². The minimum absolute atomic E-state index is 0.0485. The summed E-state index contributed by atoms with van der Waals surface area (Å²) in [4.78, 5) is 24.3. The first kappa shape index (κ1) is 21.0. The zero-order valence-corrected chi connectivity index (χ0v) is 19.1. The maximum Gasteiger partial charge on any atom is 0.272 e. The monoisotopic (exact) mass is 468 g/mol. The average Bonchev–Trinajstić information content (AvgIpc) is 3.37. The minimum atomic E-state index is -0.0485. The smallest absolute Gasteiger partial charge is 0.272 e. The summed E-state index contributed by atoms with van der Waals surface area (Å²) in [5.41, 5.74) is 3.03. The van der Waals surface area contributed by atoms with Crippen molar-refractivity contribution in [3.8, 4) is 0 Å². The molecule has 1 aliphatic heterocycles. The van der Waals surface area contributed by atoms with E-state index in [4.69, 9.17) is 27.6 Å². The highest BCUT2D eigenvalue weighted by Crippen LogP contribution is 2.29. The van der Waals surface area contributed by atoms with Gasteiger partial charge in [0.15, 0.2) is 5.89 Å². The van der Waals surface area contributed by atoms with E-state index in [1.54, 1.807) is 22.9 Å². The van der Waals surface area contributed by atoms with E-state index < -0.39 is 0 Å². The number of likely N-dealkylation sites (tertiary alicyclic amines) is 1. The number of halogens is 2. The summed E-state index contributed by atoms with van der Waals surface area (Å²) in [6.07, 6.45) is 5.96. The van der Waals surface area contributed by atoms with Gasteiger partial charge in [-0.25, -0.2) is 9.97 Å². The van der Waals surface area contributed by atoms with E-state index in [1.807, 2.05) is 42.2 Å².